The van der Waals surface area contributed by atoms with Gasteiger partial charge in [-0.3, -0.25) is 4.90 Å². The van der Waals surface area contributed by atoms with Crippen LogP contribution in [0.3, 0.4) is 0 Å². The first-order chi connectivity index (χ1) is 20.6. The maximum absolute atomic E-state index is 13.6. The van der Waals surface area contributed by atoms with Crippen molar-refractivity contribution in [1.29, 1.82) is 0 Å². The van der Waals surface area contributed by atoms with Crippen LogP contribution in [0.25, 0.3) is 0 Å². The Morgan fingerprint density at radius 2 is 1.44 bits per heavy atom. The van der Waals surface area contributed by atoms with E-state index in [9.17, 15) is 9.59 Å². The lowest BCUT2D eigenvalue weighted by atomic mass is 9.88. The van der Waals surface area contributed by atoms with Crippen molar-refractivity contribution in [1.82, 2.24) is 14.7 Å². The molecule has 1 aliphatic heterocycles. The molecule has 228 valence electrons. The Balaban J connectivity index is 1.42. The van der Waals surface area contributed by atoms with Crippen molar-refractivity contribution < 1.29 is 14.3 Å². The van der Waals surface area contributed by atoms with Gasteiger partial charge in [0, 0.05) is 57.4 Å². The number of carbonyl (C=O) groups is 2. The Hall–Kier alpha value is -4.10. The van der Waals surface area contributed by atoms with E-state index in [4.69, 9.17) is 4.74 Å². The fraction of sp³-hybridized carbons (Fsp3) is 0.389. The van der Waals surface area contributed by atoms with Crippen molar-refractivity contribution in [3.63, 3.8) is 0 Å². The molecule has 0 atom stereocenters. The van der Waals surface area contributed by atoms with Crippen molar-refractivity contribution in [2.45, 2.75) is 45.6 Å². The first-order valence-electron chi connectivity index (χ1n) is 15.2. The number of ether oxygens (including phenoxy) is 1. The number of urea groups is 1. The highest BCUT2D eigenvalue weighted by atomic mass is 16.6. The van der Waals surface area contributed by atoms with Crippen LogP contribution in [0.2, 0.25) is 0 Å². The number of hydrogen-bond donors (Lipinski definition) is 1. The summed E-state index contributed by atoms with van der Waals surface area (Å²) in [4.78, 5) is 32.0. The molecule has 1 saturated heterocycles. The fourth-order valence-corrected chi connectivity index (χ4v) is 5.32. The number of nitrogens with zero attached hydrogens (tertiary/aromatic N) is 3. The molecule has 0 radical (unpaired) electrons. The molecule has 43 heavy (non-hydrogen) atoms. The Morgan fingerprint density at radius 3 is 1.98 bits per heavy atom. The average molecular weight is 583 g/mol. The molecular formula is C36H46N4O3. The molecule has 1 aliphatic rings. The third-order valence-electron chi connectivity index (χ3n) is 7.57. The van der Waals surface area contributed by atoms with Gasteiger partial charge in [0.05, 0.1) is 0 Å². The van der Waals surface area contributed by atoms with E-state index < -0.39 is 5.60 Å². The molecule has 0 aliphatic carbocycles. The Kier molecular flexibility index (Phi) is 11.0. The summed E-state index contributed by atoms with van der Waals surface area (Å²) in [7, 11) is 0. The molecule has 0 bridgehead atoms. The topological polar surface area (TPSA) is 65.1 Å². The molecule has 7 heteroatoms. The minimum Gasteiger partial charge on any atom is -0.444 e. The lowest BCUT2D eigenvalue weighted by Crippen LogP contribution is -2.50. The predicted molar refractivity (Wildman–Crippen MR) is 175 cm³/mol. The summed E-state index contributed by atoms with van der Waals surface area (Å²) in [6, 6.07) is 28.7. The number of anilines is 1. The van der Waals surface area contributed by atoms with Gasteiger partial charge in [0.2, 0.25) is 0 Å². The highest BCUT2D eigenvalue weighted by Gasteiger charge is 2.27. The second-order valence-electron chi connectivity index (χ2n) is 12.4. The summed E-state index contributed by atoms with van der Waals surface area (Å²) >= 11 is 0. The third-order valence-corrected chi connectivity index (χ3v) is 7.57. The van der Waals surface area contributed by atoms with Gasteiger partial charge in [-0.1, -0.05) is 84.9 Å². The monoisotopic (exact) mass is 582 g/mol. The summed E-state index contributed by atoms with van der Waals surface area (Å²) in [5, 5.41) is 3.09. The number of rotatable bonds is 10. The van der Waals surface area contributed by atoms with E-state index in [0.717, 1.165) is 36.3 Å². The summed E-state index contributed by atoms with van der Waals surface area (Å²) < 4.78 is 5.54. The van der Waals surface area contributed by atoms with E-state index in [1.165, 1.54) is 11.1 Å². The van der Waals surface area contributed by atoms with E-state index in [2.05, 4.69) is 65.3 Å². The van der Waals surface area contributed by atoms with Crippen LogP contribution in [0.5, 0.6) is 0 Å². The van der Waals surface area contributed by atoms with Gasteiger partial charge >= 0.3 is 12.1 Å². The second kappa shape index (κ2) is 14.9. The van der Waals surface area contributed by atoms with Gasteiger partial charge in [-0.15, -0.1) is 0 Å². The first-order valence-corrected chi connectivity index (χ1v) is 15.2. The number of nitrogens with one attached hydrogen (secondary N) is 1. The molecule has 1 N–H and O–H groups in total. The van der Waals surface area contributed by atoms with Crippen LogP contribution in [-0.4, -0.2) is 78.2 Å². The molecule has 1 heterocycles. The Morgan fingerprint density at radius 1 is 0.884 bits per heavy atom. The molecule has 3 aromatic carbocycles. The smallest absolute Gasteiger partial charge is 0.410 e. The minimum absolute atomic E-state index is 0.139. The zero-order valence-electron chi connectivity index (χ0n) is 26.1. The number of hydrogen-bond acceptors (Lipinski definition) is 4. The maximum atomic E-state index is 13.6. The van der Waals surface area contributed by atoms with Gasteiger partial charge in [-0.05, 0) is 62.9 Å². The lowest BCUT2D eigenvalue weighted by Gasteiger charge is -2.36. The zero-order valence-corrected chi connectivity index (χ0v) is 26.1. The van der Waals surface area contributed by atoms with Crippen LogP contribution < -0.4 is 5.32 Å². The quantitative estimate of drug-likeness (QED) is 0.258. The second-order valence-corrected chi connectivity index (χ2v) is 12.4. The van der Waals surface area contributed by atoms with Crippen LogP contribution in [0.1, 0.15) is 49.8 Å². The standard InChI is InChI=1S/C36H46N4O3/c1-28-16-18-32(19-17-28)37-34(41)40(21-20-33(30-12-8-6-9-13-30)31-14-10-7-11-15-31)27-29(2)26-38-22-24-39(25-23-38)35(42)43-36(3,4)5/h6-19,33H,2,20-27H2,1,3-5H3,(H,37,41). The van der Waals surface area contributed by atoms with Crippen molar-refractivity contribution in [3.05, 3.63) is 114 Å². The Labute approximate surface area is 257 Å². The molecule has 0 saturated carbocycles. The number of aryl methyl sites for hydroxylation is 1. The first kappa shape index (κ1) is 31.8. The molecule has 0 aromatic heterocycles. The average Bonchev–Trinajstić information content (AvgIpc) is 2.98. The van der Waals surface area contributed by atoms with Crippen molar-refractivity contribution in [3.8, 4) is 0 Å². The summed E-state index contributed by atoms with van der Waals surface area (Å²) in [6.45, 7) is 16.4. The van der Waals surface area contributed by atoms with Crippen LogP contribution in [0, 0.1) is 6.92 Å². The summed E-state index contributed by atoms with van der Waals surface area (Å²) in [5.74, 6) is 0.159. The van der Waals surface area contributed by atoms with E-state index in [0.29, 0.717) is 32.7 Å². The van der Waals surface area contributed by atoms with Crippen LogP contribution in [-0.2, 0) is 4.74 Å². The minimum atomic E-state index is -0.509. The SMILES string of the molecule is C=C(CN1CCN(C(=O)OC(C)(C)C)CC1)CN(CCC(c1ccccc1)c1ccccc1)C(=O)Nc1ccc(C)cc1. The lowest BCUT2D eigenvalue weighted by molar-refractivity contribution is 0.0151. The zero-order chi connectivity index (χ0) is 30.8. The molecule has 1 fully saturated rings. The van der Waals surface area contributed by atoms with E-state index in [1.807, 2.05) is 69.0 Å². The normalized spacial score (nSPS) is 13.9. The Bertz CT molecular complexity index is 1290. The molecule has 0 spiro atoms. The number of carbonyl (C=O) groups excluding carboxylic acids is 2. The molecule has 3 amide bonds. The van der Waals surface area contributed by atoms with E-state index >= 15 is 0 Å². The molecule has 4 rings (SSSR count). The fourth-order valence-electron chi connectivity index (χ4n) is 5.32. The van der Waals surface area contributed by atoms with Crippen molar-refractivity contribution >= 4 is 17.8 Å². The van der Waals surface area contributed by atoms with Gasteiger partial charge in [-0.2, -0.15) is 0 Å². The molecular weight excluding hydrogens is 536 g/mol. The van der Waals surface area contributed by atoms with Crippen molar-refractivity contribution in [2.75, 3.05) is 51.1 Å². The highest BCUT2D eigenvalue weighted by molar-refractivity contribution is 5.89. The summed E-state index contributed by atoms with van der Waals surface area (Å²) in [5.41, 5.74) is 4.82. The molecule has 7 nitrogen and oxygen atoms in total. The number of benzene rings is 3. The maximum Gasteiger partial charge on any atom is 0.410 e. The van der Waals surface area contributed by atoms with Crippen molar-refractivity contribution in [2.24, 2.45) is 0 Å². The third kappa shape index (κ3) is 10.00. The van der Waals surface area contributed by atoms with Gasteiger partial charge in [-0.25, -0.2) is 9.59 Å². The van der Waals surface area contributed by atoms with Gasteiger partial charge in [0.15, 0.2) is 0 Å². The van der Waals surface area contributed by atoms with Gasteiger partial charge in [0.25, 0.3) is 0 Å². The summed E-state index contributed by atoms with van der Waals surface area (Å²) in [6.07, 6.45) is 0.508. The largest absolute Gasteiger partial charge is 0.444 e. The predicted octanol–water partition coefficient (Wildman–Crippen LogP) is 7.16. The number of amides is 3. The molecule has 0 unspecified atom stereocenters. The van der Waals surface area contributed by atoms with Crippen LogP contribution in [0.4, 0.5) is 15.3 Å². The van der Waals surface area contributed by atoms with E-state index in [1.54, 1.807) is 4.90 Å². The van der Waals surface area contributed by atoms with Crippen LogP contribution in [0.15, 0.2) is 97.1 Å². The van der Waals surface area contributed by atoms with Crippen LogP contribution >= 0.6 is 0 Å². The van der Waals surface area contributed by atoms with Gasteiger partial charge in [0.1, 0.15) is 5.60 Å². The highest BCUT2D eigenvalue weighted by Crippen LogP contribution is 2.28. The van der Waals surface area contributed by atoms with Gasteiger partial charge < -0.3 is 19.9 Å². The van der Waals surface area contributed by atoms with E-state index in [-0.39, 0.29) is 18.0 Å². The molecule has 3 aromatic rings. The number of piperazine rings is 1.